The van der Waals surface area contributed by atoms with E-state index < -0.39 is 10.1 Å². The van der Waals surface area contributed by atoms with Crippen LogP contribution in [0, 0.1) is 0 Å². The minimum atomic E-state index is -3.41. The second-order valence-electron chi connectivity index (χ2n) is 2.47. The molecule has 0 aliphatic rings. The predicted octanol–water partition coefficient (Wildman–Crippen LogP) is 1.40. The van der Waals surface area contributed by atoms with E-state index in [9.17, 15) is 8.42 Å². The lowest BCUT2D eigenvalue weighted by molar-refractivity contribution is 0.276. The van der Waals surface area contributed by atoms with Gasteiger partial charge in [0.15, 0.2) is 0 Å². The van der Waals surface area contributed by atoms with Gasteiger partial charge in [-0.1, -0.05) is 6.58 Å². The fraction of sp³-hybridized carbons (Fsp3) is 0.250. The molecule has 0 aliphatic carbocycles. The van der Waals surface area contributed by atoms with Crippen LogP contribution in [0.1, 0.15) is 11.5 Å². The van der Waals surface area contributed by atoms with E-state index >= 15 is 0 Å². The van der Waals surface area contributed by atoms with E-state index in [-0.39, 0.29) is 6.61 Å². The summed E-state index contributed by atoms with van der Waals surface area (Å²) in [4.78, 5) is 0. The van der Waals surface area contributed by atoms with Crippen LogP contribution in [0.3, 0.4) is 0 Å². The minimum Gasteiger partial charge on any atom is -0.459 e. The molecule has 1 aromatic heterocycles. The van der Waals surface area contributed by atoms with Gasteiger partial charge in [0.05, 0.1) is 6.26 Å². The molecule has 0 bridgehead atoms. The largest absolute Gasteiger partial charge is 0.459 e. The van der Waals surface area contributed by atoms with Gasteiger partial charge in [0.2, 0.25) is 0 Å². The smallest absolute Gasteiger partial charge is 0.264 e. The molecule has 4 nitrogen and oxygen atoms in total. The van der Waals surface area contributed by atoms with Gasteiger partial charge >= 0.3 is 0 Å². The molecule has 0 atom stereocenters. The first-order valence-corrected chi connectivity index (χ1v) is 5.38. The molecule has 0 spiro atoms. The summed E-state index contributed by atoms with van der Waals surface area (Å²) < 4.78 is 30.8. The number of hydrogen-bond donors (Lipinski definition) is 0. The van der Waals surface area contributed by atoms with Crippen molar-refractivity contribution in [3.05, 3.63) is 30.2 Å². The quantitative estimate of drug-likeness (QED) is 0.692. The summed E-state index contributed by atoms with van der Waals surface area (Å²) in [7, 11) is -3.41. The van der Waals surface area contributed by atoms with Crippen LogP contribution >= 0.6 is 0 Å². The summed E-state index contributed by atoms with van der Waals surface area (Å²) in [6, 6.07) is 3.33. The van der Waals surface area contributed by atoms with Crippen molar-refractivity contribution in [2.45, 2.75) is 6.61 Å². The van der Waals surface area contributed by atoms with Crippen molar-refractivity contribution < 1.29 is 17.0 Å². The van der Waals surface area contributed by atoms with Gasteiger partial charge in [0.1, 0.15) is 18.1 Å². The molecule has 0 aliphatic heterocycles. The van der Waals surface area contributed by atoms with Gasteiger partial charge in [0.25, 0.3) is 10.1 Å². The summed E-state index contributed by atoms with van der Waals surface area (Å²) >= 11 is 0. The third-order valence-electron chi connectivity index (χ3n) is 1.30. The first-order chi connectivity index (χ1) is 6.01. The van der Waals surface area contributed by atoms with Crippen molar-refractivity contribution in [1.29, 1.82) is 0 Å². The number of hydrogen-bond acceptors (Lipinski definition) is 4. The van der Waals surface area contributed by atoms with Crippen molar-refractivity contribution in [3.63, 3.8) is 0 Å². The first-order valence-electron chi connectivity index (χ1n) is 3.57. The number of furan rings is 1. The molecule has 1 aromatic rings. The van der Waals surface area contributed by atoms with Crippen molar-refractivity contribution in [2.24, 2.45) is 0 Å². The Labute approximate surface area is 76.9 Å². The molecular weight excluding hydrogens is 192 g/mol. The molecule has 13 heavy (non-hydrogen) atoms. The van der Waals surface area contributed by atoms with Gasteiger partial charge in [-0.15, -0.1) is 0 Å². The highest BCUT2D eigenvalue weighted by atomic mass is 32.2. The average Bonchev–Trinajstić information content (AvgIpc) is 2.47. The fourth-order valence-corrected chi connectivity index (χ4v) is 1.08. The highest BCUT2D eigenvalue weighted by Gasteiger charge is 2.05. The van der Waals surface area contributed by atoms with Gasteiger partial charge in [-0.3, -0.25) is 4.18 Å². The molecular formula is C8H10O4S. The van der Waals surface area contributed by atoms with Crippen LogP contribution in [-0.4, -0.2) is 14.7 Å². The monoisotopic (exact) mass is 202 g/mol. The van der Waals surface area contributed by atoms with Gasteiger partial charge in [-0.25, -0.2) is 0 Å². The van der Waals surface area contributed by atoms with E-state index in [1.165, 1.54) is 6.08 Å². The summed E-state index contributed by atoms with van der Waals surface area (Å²) in [6.45, 7) is 3.42. The maximum Gasteiger partial charge on any atom is 0.264 e. The van der Waals surface area contributed by atoms with Crippen LogP contribution in [0.5, 0.6) is 0 Å². The zero-order valence-corrected chi connectivity index (χ0v) is 8.00. The van der Waals surface area contributed by atoms with Gasteiger partial charge in [0, 0.05) is 0 Å². The standard InChI is InChI=1S/C8H10O4S/c1-3-7-4-5-8(12-7)6-11-13(2,9)10/h3-5H,1,6H2,2H3. The summed E-state index contributed by atoms with van der Waals surface area (Å²) in [6.07, 6.45) is 2.52. The van der Waals surface area contributed by atoms with E-state index in [0.717, 1.165) is 6.26 Å². The zero-order chi connectivity index (χ0) is 9.90. The van der Waals surface area contributed by atoms with E-state index in [0.29, 0.717) is 11.5 Å². The summed E-state index contributed by atoms with van der Waals surface area (Å²) in [5, 5.41) is 0. The topological polar surface area (TPSA) is 56.5 Å². The van der Waals surface area contributed by atoms with Gasteiger partial charge in [-0.05, 0) is 18.2 Å². The second kappa shape index (κ2) is 3.76. The number of rotatable bonds is 4. The molecule has 72 valence electrons. The summed E-state index contributed by atoms with van der Waals surface area (Å²) in [5.41, 5.74) is 0. The summed E-state index contributed by atoms with van der Waals surface area (Å²) in [5.74, 6) is 1.05. The highest BCUT2D eigenvalue weighted by molar-refractivity contribution is 7.85. The predicted molar refractivity (Wildman–Crippen MR) is 48.4 cm³/mol. The molecule has 0 aromatic carbocycles. The Morgan fingerprint density at radius 3 is 2.77 bits per heavy atom. The molecule has 0 saturated heterocycles. The van der Waals surface area contributed by atoms with Crippen molar-refractivity contribution in [1.82, 2.24) is 0 Å². The van der Waals surface area contributed by atoms with Crippen LogP contribution in [0.15, 0.2) is 23.1 Å². The fourth-order valence-electron chi connectivity index (χ4n) is 0.747. The maximum atomic E-state index is 10.6. The maximum absolute atomic E-state index is 10.6. The van der Waals surface area contributed by atoms with Crippen molar-refractivity contribution in [2.75, 3.05) is 6.26 Å². The molecule has 1 rings (SSSR count). The lowest BCUT2D eigenvalue weighted by Crippen LogP contribution is -2.01. The van der Waals surface area contributed by atoms with Crippen LogP contribution in [0.2, 0.25) is 0 Å². The Hall–Kier alpha value is -1.07. The zero-order valence-electron chi connectivity index (χ0n) is 7.19. The molecule has 0 fully saturated rings. The van der Waals surface area contributed by atoms with Crippen molar-refractivity contribution >= 4 is 16.2 Å². The van der Waals surface area contributed by atoms with Crippen molar-refractivity contribution in [3.8, 4) is 0 Å². The van der Waals surface area contributed by atoms with E-state index in [1.807, 2.05) is 0 Å². The lowest BCUT2D eigenvalue weighted by Gasteiger charge is -1.96. The molecule has 0 unspecified atom stereocenters. The third kappa shape index (κ3) is 3.43. The Balaban J connectivity index is 2.60. The Morgan fingerprint density at radius 2 is 2.31 bits per heavy atom. The first kappa shape index (κ1) is 10.0. The van der Waals surface area contributed by atoms with Crippen LogP contribution in [0.25, 0.3) is 6.08 Å². The third-order valence-corrected chi connectivity index (χ3v) is 1.84. The van der Waals surface area contributed by atoms with Gasteiger partial charge < -0.3 is 4.42 Å². The molecule has 0 amide bonds. The lowest BCUT2D eigenvalue weighted by atomic mass is 10.4. The minimum absolute atomic E-state index is 0.0767. The van der Waals surface area contributed by atoms with Crippen LogP contribution in [0.4, 0.5) is 0 Å². The second-order valence-corrected chi connectivity index (χ2v) is 4.12. The van der Waals surface area contributed by atoms with E-state index in [1.54, 1.807) is 12.1 Å². The molecule has 0 radical (unpaired) electrons. The van der Waals surface area contributed by atoms with Crippen LogP contribution in [-0.2, 0) is 20.9 Å². The Bertz CT molecular complexity index is 388. The Morgan fingerprint density at radius 1 is 1.62 bits per heavy atom. The average molecular weight is 202 g/mol. The normalized spacial score (nSPS) is 11.5. The molecule has 5 heteroatoms. The molecule has 0 saturated carbocycles. The molecule has 1 heterocycles. The SMILES string of the molecule is C=Cc1ccc(COS(C)(=O)=O)o1. The Kier molecular flexibility index (Phi) is 2.90. The van der Waals surface area contributed by atoms with E-state index in [4.69, 9.17) is 4.42 Å². The van der Waals surface area contributed by atoms with E-state index in [2.05, 4.69) is 10.8 Å². The van der Waals surface area contributed by atoms with Gasteiger partial charge in [-0.2, -0.15) is 8.42 Å². The molecule has 0 N–H and O–H groups in total. The van der Waals surface area contributed by atoms with Crippen LogP contribution < -0.4 is 0 Å². The highest BCUT2D eigenvalue weighted by Crippen LogP contribution is 2.10.